The number of epoxide rings is 2. The first-order chi connectivity index (χ1) is 10.6. The molecule has 1 aromatic rings. The summed E-state index contributed by atoms with van der Waals surface area (Å²) in [5.74, 6) is 0.997. The van der Waals surface area contributed by atoms with E-state index in [2.05, 4.69) is 6.58 Å². The van der Waals surface area contributed by atoms with Gasteiger partial charge < -0.3 is 23.7 Å². The number of esters is 1. The molecule has 0 N–H and O–H groups in total. The molecule has 0 saturated carbocycles. The lowest BCUT2D eigenvalue weighted by atomic mass is 10.3. The first kappa shape index (κ1) is 14.9. The molecule has 2 aliphatic rings. The van der Waals surface area contributed by atoms with Gasteiger partial charge in [-0.1, -0.05) is 6.58 Å². The SMILES string of the molecule is C=C(C)C(=O)Oc1cc(OCC2CO2)cc(OCC2CO2)c1. The van der Waals surface area contributed by atoms with E-state index in [0.717, 1.165) is 0 Å². The molecule has 0 radical (unpaired) electrons. The lowest BCUT2D eigenvalue weighted by Gasteiger charge is -2.11. The number of hydrogen-bond donors (Lipinski definition) is 0. The second-order valence-electron chi connectivity index (χ2n) is 5.34. The van der Waals surface area contributed by atoms with E-state index < -0.39 is 5.97 Å². The Morgan fingerprint density at radius 3 is 1.95 bits per heavy atom. The Morgan fingerprint density at radius 1 is 1.09 bits per heavy atom. The summed E-state index contributed by atoms with van der Waals surface area (Å²) in [6.07, 6.45) is 0.289. The van der Waals surface area contributed by atoms with Crippen molar-refractivity contribution in [1.82, 2.24) is 0 Å². The number of carbonyl (C=O) groups is 1. The molecule has 22 heavy (non-hydrogen) atoms. The third-order valence-electron chi connectivity index (χ3n) is 3.09. The van der Waals surface area contributed by atoms with Crippen molar-refractivity contribution in [2.24, 2.45) is 0 Å². The van der Waals surface area contributed by atoms with Crippen LogP contribution in [-0.4, -0.2) is 44.6 Å². The average Bonchev–Trinajstić information content (AvgIpc) is 3.37. The minimum absolute atomic E-state index is 0.144. The molecule has 6 nitrogen and oxygen atoms in total. The molecule has 0 spiro atoms. The van der Waals surface area contributed by atoms with Gasteiger partial charge in [0.05, 0.1) is 13.2 Å². The number of carbonyl (C=O) groups excluding carboxylic acids is 1. The van der Waals surface area contributed by atoms with E-state index in [1.807, 2.05) is 0 Å². The Balaban J connectivity index is 1.69. The van der Waals surface area contributed by atoms with Crippen LogP contribution in [0, 0.1) is 0 Å². The lowest BCUT2D eigenvalue weighted by molar-refractivity contribution is -0.130. The molecule has 0 bridgehead atoms. The van der Waals surface area contributed by atoms with Gasteiger partial charge in [0.1, 0.15) is 42.7 Å². The summed E-state index contributed by atoms with van der Waals surface area (Å²) in [6.45, 7) is 7.51. The molecule has 2 atom stereocenters. The fourth-order valence-electron chi connectivity index (χ4n) is 1.67. The second kappa shape index (κ2) is 6.37. The van der Waals surface area contributed by atoms with Crippen LogP contribution in [0.1, 0.15) is 6.92 Å². The predicted octanol–water partition coefficient (Wildman–Crippen LogP) is 1.72. The van der Waals surface area contributed by atoms with E-state index in [1.54, 1.807) is 25.1 Å². The van der Waals surface area contributed by atoms with Crippen LogP contribution in [0.4, 0.5) is 0 Å². The van der Waals surface area contributed by atoms with Gasteiger partial charge >= 0.3 is 5.97 Å². The quantitative estimate of drug-likeness (QED) is 0.315. The van der Waals surface area contributed by atoms with Crippen molar-refractivity contribution in [2.75, 3.05) is 26.4 Å². The summed E-state index contributed by atoms with van der Waals surface area (Å²) in [5.41, 5.74) is 0.326. The standard InChI is InChI=1S/C16H18O6/c1-10(2)16(17)22-13-4-11(18-6-14-8-20-14)3-12(5-13)19-7-15-9-21-15/h3-5,14-15H,1,6-9H2,2H3. The minimum Gasteiger partial charge on any atom is -0.491 e. The van der Waals surface area contributed by atoms with Crippen LogP contribution in [-0.2, 0) is 14.3 Å². The number of ether oxygens (including phenoxy) is 5. The molecule has 2 saturated heterocycles. The Labute approximate surface area is 128 Å². The molecule has 3 rings (SSSR count). The third kappa shape index (κ3) is 4.47. The second-order valence-corrected chi connectivity index (χ2v) is 5.34. The molecule has 6 heteroatoms. The van der Waals surface area contributed by atoms with Gasteiger partial charge in [-0.2, -0.15) is 0 Å². The van der Waals surface area contributed by atoms with Gasteiger partial charge in [0.25, 0.3) is 0 Å². The molecule has 2 aliphatic heterocycles. The zero-order valence-electron chi connectivity index (χ0n) is 12.4. The van der Waals surface area contributed by atoms with Crippen molar-refractivity contribution in [3.63, 3.8) is 0 Å². The van der Waals surface area contributed by atoms with Gasteiger partial charge in [0.2, 0.25) is 0 Å². The Bertz CT molecular complexity index is 540. The number of hydrogen-bond acceptors (Lipinski definition) is 6. The van der Waals surface area contributed by atoms with E-state index in [9.17, 15) is 4.79 Å². The van der Waals surface area contributed by atoms with Crippen LogP contribution in [0.3, 0.4) is 0 Å². The van der Waals surface area contributed by atoms with Crippen LogP contribution < -0.4 is 14.2 Å². The van der Waals surface area contributed by atoms with Crippen LogP contribution in [0.15, 0.2) is 30.4 Å². The highest BCUT2D eigenvalue weighted by molar-refractivity contribution is 5.88. The van der Waals surface area contributed by atoms with Gasteiger partial charge in [-0.25, -0.2) is 4.79 Å². The highest BCUT2D eigenvalue weighted by atomic mass is 16.6. The Hall–Kier alpha value is -2.05. The van der Waals surface area contributed by atoms with Crippen molar-refractivity contribution >= 4 is 5.97 Å². The maximum absolute atomic E-state index is 11.6. The van der Waals surface area contributed by atoms with Crippen molar-refractivity contribution in [2.45, 2.75) is 19.1 Å². The maximum Gasteiger partial charge on any atom is 0.338 e. The topological polar surface area (TPSA) is 69.8 Å². The fraction of sp³-hybridized carbons (Fsp3) is 0.438. The van der Waals surface area contributed by atoms with Gasteiger partial charge in [-0.05, 0) is 6.92 Å². The molecule has 2 fully saturated rings. The molecular weight excluding hydrogens is 288 g/mol. The van der Waals surface area contributed by atoms with Crippen molar-refractivity contribution in [3.05, 3.63) is 30.4 Å². The fourth-order valence-corrected chi connectivity index (χ4v) is 1.67. The van der Waals surface area contributed by atoms with E-state index >= 15 is 0 Å². The summed E-state index contributed by atoms with van der Waals surface area (Å²) in [4.78, 5) is 11.6. The molecule has 0 aromatic heterocycles. The van der Waals surface area contributed by atoms with Gasteiger partial charge in [0, 0.05) is 23.8 Å². The van der Waals surface area contributed by atoms with E-state index in [-0.39, 0.29) is 12.2 Å². The monoisotopic (exact) mass is 306 g/mol. The summed E-state index contributed by atoms with van der Waals surface area (Å²) in [7, 11) is 0. The lowest BCUT2D eigenvalue weighted by Crippen LogP contribution is -2.10. The number of rotatable bonds is 8. The molecule has 2 heterocycles. The zero-order valence-corrected chi connectivity index (χ0v) is 12.4. The highest BCUT2D eigenvalue weighted by Crippen LogP contribution is 2.29. The average molecular weight is 306 g/mol. The summed E-state index contributed by atoms with van der Waals surface area (Å²) < 4.78 is 26.7. The van der Waals surface area contributed by atoms with Crippen molar-refractivity contribution in [3.8, 4) is 17.2 Å². The Morgan fingerprint density at radius 2 is 1.55 bits per heavy atom. The Kier molecular flexibility index (Phi) is 4.31. The molecule has 2 unspecified atom stereocenters. The summed E-state index contributed by atoms with van der Waals surface area (Å²) >= 11 is 0. The summed E-state index contributed by atoms with van der Waals surface area (Å²) in [6, 6.07) is 5.04. The van der Waals surface area contributed by atoms with Crippen LogP contribution in [0.2, 0.25) is 0 Å². The maximum atomic E-state index is 11.6. The summed E-state index contributed by atoms with van der Waals surface area (Å²) in [5, 5.41) is 0. The van der Waals surface area contributed by atoms with Gasteiger partial charge in [0.15, 0.2) is 0 Å². The van der Waals surface area contributed by atoms with E-state index in [0.29, 0.717) is 49.2 Å². The van der Waals surface area contributed by atoms with E-state index in [4.69, 9.17) is 23.7 Å². The molecule has 0 amide bonds. The first-order valence-corrected chi connectivity index (χ1v) is 7.12. The van der Waals surface area contributed by atoms with Gasteiger partial charge in [-0.3, -0.25) is 0 Å². The van der Waals surface area contributed by atoms with Gasteiger partial charge in [-0.15, -0.1) is 0 Å². The molecule has 118 valence electrons. The van der Waals surface area contributed by atoms with Crippen molar-refractivity contribution < 1.29 is 28.5 Å². The predicted molar refractivity (Wildman–Crippen MR) is 77.4 cm³/mol. The smallest absolute Gasteiger partial charge is 0.338 e. The molecule has 0 aliphatic carbocycles. The number of benzene rings is 1. The molecule has 1 aromatic carbocycles. The molecular formula is C16H18O6. The third-order valence-corrected chi connectivity index (χ3v) is 3.09. The zero-order chi connectivity index (χ0) is 15.5. The van der Waals surface area contributed by atoms with Crippen LogP contribution in [0.25, 0.3) is 0 Å². The normalized spacial score (nSPS) is 21.9. The largest absolute Gasteiger partial charge is 0.491 e. The minimum atomic E-state index is -0.487. The van der Waals surface area contributed by atoms with Crippen LogP contribution in [0.5, 0.6) is 17.2 Å². The van der Waals surface area contributed by atoms with Crippen molar-refractivity contribution in [1.29, 1.82) is 0 Å². The highest BCUT2D eigenvalue weighted by Gasteiger charge is 2.24. The van der Waals surface area contributed by atoms with E-state index in [1.165, 1.54) is 0 Å². The van der Waals surface area contributed by atoms with Crippen LogP contribution >= 0.6 is 0 Å². The first-order valence-electron chi connectivity index (χ1n) is 7.12.